The number of fused-ring (bicyclic) bond motifs is 6. The molecule has 0 saturated carbocycles. The molecular formula is C30H43N5O7. The molecular weight excluding hydrogens is 542 g/mol. The first-order chi connectivity index (χ1) is 19.9. The highest BCUT2D eigenvalue weighted by molar-refractivity contribution is 5.90. The Hall–Kier alpha value is -3.06. The van der Waals surface area contributed by atoms with Gasteiger partial charge in [-0.1, -0.05) is 51.1 Å². The Morgan fingerprint density at radius 2 is 1.71 bits per heavy atom. The lowest BCUT2D eigenvalue weighted by atomic mass is 9.91. The van der Waals surface area contributed by atoms with E-state index in [1.54, 1.807) is 9.80 Å². The Morgan fingerprint density at radius 1 is 1.00 bits per heavy atom. The van der Waals surface area contributed by atoms with E-state index in [4.69, 9.17) is 4.74 Å². The molecule has 1 aromatic rings. The molecule has 42 heavy (non-hydrogen) atoms. The Bertz CT molecular complexity index is 1170. The summed E-state index contributed by atoms with van der Waals surface area (Å²) in [5.74, 6) is -1.10. The van der Waals surface area contributed by atoms with Crippen LogP contribution in [0.25, 0.3) is 0 Å². The number of hydrogen-bond donors (Lipinski definition) is 4. The second-order valence-corrected chi connectivity index (χ2v) is 13.2. The van der Waals surface area contributed by atoms with E-state index in [9.17, 15) is 29.4 Å². The quantitative estimate of drug-likeness (QED) is 0.361. The molecule has 12 heteroatoms. The number of nitrogens with zero attached hydrogens (tertiary/aromatic N) is 3. The molecule has 6 bridgehead atoms. The highest BCUT2D eigenvalue weighted by Gasteiger charge is 2.47. The maximum atomic E-state index is 14.1. The lowest BCUT2D eigenvalue weighted by molar-refractivity contribution is -0.151. The summed E-state index contributed by atoms with van der Waals surface area (Å²) in [6, 6.07) is 8.04. The Morgan fingerprint density at radius 3 is 2.43 bits per heavy atom. The van der Waals surface area contributed by atoms with E-state index >= 15 is 0 Å². The van der Waals surface area contributed by atoms with Crippen LogP contribution in [0.4, 0.5) is 0 Å². The first-order valence-corrected chi connectivity index (χ1v) is 14.8. The Balaban J connectivity index is 1.43. The van der Waals surface area contributed by atoms with Crippen molar-refractivity contribution in [1.82, 2.24) is 25.3 Å². The molecule has 4 fully saturated rings. The average Bonchev–Trinajstić information content (AvgIpc) is 3.45. The Labute approximate surface area is 246 Å². The molecule has 0 unspecified atom stereocenters. The van der Waals surface area contributed by atoms with E-state index in [1.165, 1.54) is 0 Å². The molecule has 4 N–H and O–H groups in total. The van der Waals surface area contributed by atoms with Crippen molar-refractivity contribution >= 4 is 23.6 Å². The lowest BCUT2D eigenvalue weighted by Crippen LogP contribution is -2.63. The zero-order valence-corrected chi connectivity index (χ0v) is 24.6. The van der Waals surface area contributed by atoms with Gasteiger partial charge in [-0.15, -0.1) is 0 Å². The number of benzene rings is 1. The molecule has 4 heterocycles. The minimum atomic E-state index is -1.30. The van der Waals surface area contributed by atoms with Crippen molar-refractivity contribution in [3.8, 4) is 0 Å². The molecule has 0 spiro atoms. The standard InChI is InChI=1S/C30H43N5O7/c1-30(2,3)13-25(37)35-10-9-33-17-21(35)28(40)31-14-23-27(39)26(38)22(42-23)12-24(36)32-19-11-20(29(33)41)34(16-19)15-18-7-5-4-6-8-18/h4-8,19-23,26-27,38-39H,9-17H2,1-3H3,(H,31,40)(H,32,36)/t19-,20-,21-,22-,23+,26-,27+/m0/s1. The first-order valence-electron chi connectivity index (χ1n) is 14.8. The van der Waals surface area contributed by atoms with Gasteiger partial charge in [0, 0.05) is 45.2 Å². The number of ether oxygens (including phenoxy) is 1. The van der Waals surface area contributed by atoms with Crippen LogP contribution in [-0.2, 0) is 30.5 Å². The highest BCUT2D eigenvalue weighted by atomic mass is 16.5. The summed E-state index contributed by atoms with van der Waals surface area (Å²) in [4.78, 5) is 59.2. The third kappa shape index (κ3) is 6.77. The normalized spacial score (nSPS) is 33.0. The van der Waals surface area contributed by atoms with Crippen LogP contribution in [-0.4, -0.2) is 124 Å². The smallest absolute Gasteiger partial charge is 0.244 e. The number of amides is 4. The fraction of sp³-hybridized carbons (Fsp3) is 0.667. The highest BCUT2D eigenvalue weighted by Crippen LogP contribution is 2.28. The molecule has 4 aliphatic rings. The SMILES string of the molecule is CC(C)(C)CC(=O)N1CCN2C[C@H]1C(=O)NC[C@H]1O[C@@H](CC(=O)N[C@H]3C[C@@H](C2=O)N(Cc2ccccc2)C3)[C@H](O)[C@@H]1O. The predicted octanol–water partition coefficient (Wildman–Crippen LogP) is -0.770. The number of piperazine rings is 1. The molecule has 4 amide bonds. The van der Waals surface area contributed by atoms with Crippen LogP contribution in [0.1, 0.15) is 45.6 Å². The van der Waals surface area contributed by atoms with Gasteiger partial charge in [0.05, 0.1) is 25.1 Å². The molecule has 12 nitrogen and oxygen atoms in total. The van der Waals surface area contributed by atoms with E-state index in [0.29, 0.717) is 26.1 Å². The molecule has 4 saturated heterocycles. The molecule has 7 atom stereocenters. The van der Waals surface area contributed by atoms with Crippen molar-refractivity contribution in [2.45, 2.75) is 89.1 Å². The number of carbonyl (C=O) groups excluding carboxylic acids is 4. The van der Waals surface area contributed by atoms with Crippen molar-refractivity contribution in [2.75, 3.05) is 32.7 Å². The number of hydrogen-bond acceptors (Lipinski definition) is 8. The third-order valence-corrected chi connectivity index (χ3v) is 8.60. The number of rotatable bonds is 3. The number of likely N-dealkylation sites (tertiary alicyclic amines) is 1. The van der Waals surface area contributed by atoms with E-state index in [2.05, 4.69) is 10.6 Å². The van der Waals surface area contributed by atoms with Crippen molar-refractivity contribution in [3.63, 3.8) is 0 Å². The minimum absolute atomic E-state index is 0.0343. The summed E-state index contributed by atoms with van der Waals surface area (Å²) in [6.07, 6.45) is -3.99. The van der Waals surface area contributed by atoms with Crippen LogP contribution in [0.15, 0.2) is 30.3 Å². The number of aliphatic hydroxyl groups is 2. The van der Waals surface area contributed by atoms with Crippen molar-refractivity contribution in [3.05, 3.63) is 35.9 Å². The fourth-order valence-electron chi connectivity index (χ4n) is 6.48. The van der Waals surface area contributed by atoms with Gasteiger partial charge in [-0.25, -0.2) is 0 Å². The largest absolute Gasteiger partial charge is 0.388 e. The van der Waals surface area contributed by atoms with Crippen LogP contribution in [0.2, 0.25) is 0 Å². The van der Waals surface area contributed by atoms with E-state index in [1.807, 2.05) is 56.0 Å². The lowest BCUT2D eigenvalue weighted by Gasteiger charge is -2.42. The molecule has 1 aromatic carbocycles. The monoisotopic (exact) mass is 585 g/mol. The molecule has 0 aromatic heterocycles. The predicted molar refractivity (Wildman–Crippen MR) is 152 cm³/mol. The molecule has 5 rings (SSSR count). The van der Waals surface area contributed by atoms with Gasteiger partial charge < -0.3 is 35.4 Å². The third-order valence-electron chi connectivity index (χ3n) is 8.60. The van der Waals surface area contributed by atoms with Gasteiger partial charge in [0.2, 0.25) is 23.6 Å². The first kappa shape index (κ1) is 30.4. The number of nitrogens with one attached hydrogen (secondary N) is 2. The van der Waals surface area contributed by atoms with E-state index < -0.39 is 42.4 Å². The number of aliphatic hydroxyl groups excluding tert-OH is 2. The van der Waals surface area contributed by atoms with E-state index in [0.717, 1.165) is 5.56 Å². The minimum Gasteiger partial charge on any atom is -0.388 e. The van der Waals surface area contributed by atoms with Crippen molar-refractivity contribution < 1.29 is 34.1 Å². The van der Waals surface area contributed by atoms with E-state index in [-0.39, 0.29) is 61.7 Å². The zero-order valence-electron chi connectivity index (χ0n) is 24.6. The van der Waals surface area contributed by atoms with Crippen LogP contribution in [0, 0.1) is 5.41 Å². The van der Waals surface area contributed by atoms with Crippen LogP contribution < -0.4 is 10.6 Å². The zero-order chi connectivity index (χ0) is 30.2. The van der Waals surface area contributed by atoms with Crippen molar-refractivity contribution in [2.24, 2.45) is 5.41 Å². The maximum Gasteiger partial charge on any atom is 0.244 e. The fourth-order valence-corrected chi connectivity index (χ4v) is 6.48. The topological polar surface area (TPSA) is 152 Å². The van der Waals surface area contributed by atoms with Gasteiger partial charge in [-0.05, 0) is 17.4 Å². The molecule has 0 aliphatic carbocycles. The van der Waals surface area contributed by atoms with Crippen LogP contribution in [0.3, 0.4) is 0 Å². The summed E-state index contributed by atoms with van der Waals surface area (Å²) in [5.41, 5.74) is 0.748. The maximum absolute atomic E-state index is 14.1. The average molecular weight is 586 g/mol. The van der Waals surface area contributed by atoms with Gasteiger partial charge in [-0.3, -0.25) is 24.1 Å². The summed E-state index contributed by atoms with van der Waals surface area (Å²) in [7, 11) is 0. The van der Waals surface area contributed by atoms with Gasteiger partial charge >= 0.3 is 0 Å². The summed E-state index contributed by atoms with van der Waals surface area (Å²) in [6.45, 7) is 7.27. The summed E-state index contributed by atoms with van der Waals surface area (Å²) in [5, 5.41) is 26.9. The van der Waals surface area contributed by atoms with Crippen molar-refractivity contribution in [1.29, 1.82) is 0 Å². The summed E-state index contributed by atoms with van der Waals surface area (Å²) < 4.78 is 5.82. The van der Waals surface area contributed by atoms with Gasteiger partial charge in [0.15, 0.2) is 0 Å². The molecule has 0 radical (unpaired) electrons. The molecule has 4 aliphatic heterocycles. The molecule has 230 valence electrons. The van der Waals surface area contributed by atoms with Crippen LogP contribution >= 0.6 is 0 Å². The Kier molecular flexibility index (Phi) is 8.89. The van der Waals surface area contributed by atoms with Gasteiger partial charge in [0.1, 0.15) is 24.4 Å². The van der Waals surface area contributed by atoms with Gasteiger partial charge in [0.25, 0.3) is 0 Å². The second kappa shape index (κ2) is 12.3. The van der Waals surface area contributed by atoms with Gasteiger partial charge in [-0.2, -0.15) is 0 Å². The summed E-state index contributed by atoms with van der Waals surface area (Å²) >= 11 is 0. The number of carbonyl (C=O) groups is 4. The second-order valence-electron chi connectivity index (χ2n) is 13.2. The van der Waals surface area contributed by atoms with Crippen LogP contribution in [0.5, 0.6) is 0 Å².